The number of hydrogen-bond donors (Lipinski definition) is 0. The summed E-state index contributed by atoms with van der Waals surface area (Å²) in [6.07, 6.45) is 6.23. The Labute approximate surface area is 134 Å². The number of nitrogens with zero attached hydrogens (tertiary/aromatic N) is 1. The molecule has 2 saturated carbocycles. The van der Waals surface area contributed by atoms with Crippen LogP contribution >= 0.6 is 0 Å². The average Bonchev–Trinajstić information content (AvgIpc) is 2.81. The Morgan fingerprint density at radius 1 is 1.23 bits per heavy atom. The van der Waals surface area contributed by atoms with Gasteiger partial charge in [-0.2, -0.15) is 4.31 Å². The van der Waals surface area contributed by atoms with Crippen molar-refractivity contribution in [3.8, 4) is 0 Å². The summed E-state index contributed by atoms with van der Waals surface area (Å²) in [5.41, 5.74) is -0.805. The van der Waals surface area contributed by atoms with Crippen LogP contribution in [0.3, 0.4) is 0 Å². The van der Waals surface area contributed by atoms with Crippen LogP contribution in [0, 0.1) is 16.7 Å². The summed E-state index contributed by atoms with van der Waals surface area (Å²) in [6, 6.07) is 0.131. The highest BCUT2D eigenvalue weighted by Gasteiger charge is 2.65. The van der Waals surface area contributed by atoms with E-state index in [1.54, 1.807) is 4.31 Å². The largest absolute Gasteiger partial charge is 0.299 e. The number of hydrogen-bond acceptors (Lipinski definition) is 3. The molecule has 0 N–H and O–H groups in total. The fourth-order valence-electron chi connectivity index (χ4n) is 5.25. The van der Waals surface area contributed by atoms with E-state index in [-0.39, 0.29) is 23.0 Å². The third-order valence-corrected chi connectivity index (χ3v) is 9.02. The summed E-state index contributed by atoms with van der Waals surface area (Å²) in [6.45, 7) is 6.92. The number of rotatable bonds is 4. The standard InChI is InChI=1S/C17H29NO3S/c1-4-14-7-5-6-10-18(14)22(20,21)12-17-9-8-13(11-15(17)19)16(17,2)3/h13-14H,4-12H2,1-3H3/t13-,14+,17-/m0/s1. The molecule has 0 spiro atoms. The van der Waals surface area contributed by atoms with Gasteiger partial charge in [-0.1, -0.05) is 27.2 Å². The molecule has 3 aliphatic rings. The van der Waals surface area contributed by atoms with Crippen LogP contribution in [0.25, 0.3) is 0 Å². The number of carbonyl (C=O) groups is 1. The molecule has 0 aromatic rings. The van der Waals surface area contributed by atoms with Crippen molar-refractivity contribution in [2.75, 3.05) is 12.3 Å². The van der Waals surface area contributed by atoms with Gasteiger partial charge < -0.3 is 0 Å². The van der Waals surface area contributed by atoms with Gasteiger partial charge in [0.25, 0.3) is 0 Å². The van der Waals surface area contributed by atoms with Gasteiger partial charge >= 0.3 is 0 Å². The van der Waals surface area contributed by atoms with Crippen molar-refractivity contribution >= 4 is 15.8 Å². The summed E-state index contributed by atoms with van der Waals surface area (Å²) >= 11 is 0. The quantitative estimate of drug-likeness (QED) is 0.797. The lowest BCUT2D eigenvalue weighted by Crippen LogP contribution is -2.50. The molecule has 126 valence electrons. The van der Waals surface area contributed by atoms with Gasteiger partial charge in [-0.3, -0.25) is 4.79 Å². The fourth-order valence-corrected chi connectivity index (χ4v) is 7.83. The zero-order valence-corrected chi connectivity index (χ0v) is 14.9. The predicted octanol–water partition coefficient (Wildman–Crippen LogP) is 2.98. The van der Waals surface area contributed by atoms with Crippen molar-refractivity contribution in [2.45, 2.75) is 71.8 Å². The van der Waals surface area contributed by atoms with E-state index in [2.05, 4.69) is 20.8 Å². The smallest absolute Gasteiger partial charge is 0.215 e. The molecule has 0 radical (unpaired) electrons. The fraction of sp³-hybridized carbons (Fsp3) is 0.941. The molecule has 2 aliphatic carbocycles. The molecule has 1 aliphatic heterocycles. The SMILES string of the molecule is CC[C@@H]1CCCCN1S(=O)(=O)C[C@@]12CC[C@@H](CC1=O)C2(C)C. The second-order valence-electron chi connectivity index (χ2n) is 8.09. The monoisotopic (exact) mass is 327 g/mol. The topological polar surface area (TPSA) is 54.5 Å². The first-order valence-electron chi connectivity index (χ1n) is 8.77. The zero-order valence-electron chi connectivity index (χ0n) is 14.1. The van der Waals surface area contributed by atoms with Gasteiger partial charge in [0.2, 0.25) is 10.0 Å². The summed E-state index contributed by atoms with van der Waals surface area (Å²) in [5.74, 6) is 0.611. The Bertz CT molecular complexity index is 568. The van der Waals surface area contributed by atoms with Gasteiger partial charge in [0.05, 0.1) is 5.75 Å². The number of sulfonamides is 1. The Balaban J connectivity index is 1.89. The van der Waals surface area contributed by atoms with E-state index < -0.39 is 15.4 Å². The number of fused-ring (bicyclic) bond motifs is 2. The number of ketones is 1. The highest BCUT2D eigenvalue weighted by atomic mass is 32.2. The third kappa shape index (κ3) is 2.19. The molecule has 3 fully saturated rings. The lowest BCUT2D eigenvalue weighted by molar-refractivity contribution is -0.128. The van der Waals surface area contributed by atoms with Crippen molar-refractivity contribution < 1.29 is 13.2 Å². The molecule has 0 aromatic carbocycles. The highest BCUT2D eigenvalue weighted by molar-refractivity contribution is 7.89. The predicted molar refractivity (Wildman–Crippen MR) is 87.0 cm³/mol. The summed E-state index contributed by atoms with van der Waals surface area (Å²) in [7, 11) is -3.36. The van der Waals surface area contributed by atoms with Crippen molar-refractivity contribution in [3.05, 3.63) is 0 Å². The lowest BCUT2D eigenvalue weighted by atomic mass is 9.70. The van der Waals surface area contributed by atoms with Gasteiger partial charge in [-0.25, -0.2) is 8.42 Å². The molecule has 1 heterocycles. The molecule has 3 rings (SSSR count). The molecule has 3 atom stereocenters. The number of carbonyl (C=O) groups excluding carboxylic acids is 1. The average molecular weight is 327 g/mol. The Morgan fingerprint density at radius 3 is 2.50 bits per heavy atom. The van der Waals surface area contributed by atoms with Crippen LogP contribution in [0.5, 0.6) is 0 Å². The van der Waals surface area contributed by atoms with Crippen LogP contribution in [0.4, 0.5) is 0 Å². The van der Waals surface area contributed by atoms with Crippen molar-refractivity contribution in [1.82, 2.24) is 4.31 Å². The second kappa shape index (κ2) is 5.30. The second-order valence-corrected chi connectivity index (χ2v) is 10.0. The van der Waals surface area contributed by atoms with Crippen LogP contribution in [-0.4, -0.2) is 36.8 Å². The van der Waals surface area contributed by atoms with E-state index >= 15 is 0 Å². The summed E-state index contributed by atoms with van der Waals surface area (Å²) in [5, 5.41) is 0. The molecule has 1 saturated heterocycles. The van der Waals surface area contributed by atoms with Crippen LogP contribution in [0.15, 0.2) is 0 Å². The van der Waals surface area contributed by atoms with Gasteiger partial charge in [0.1, 0.15) is 5.78 Å². The molecule has 4 nitrogen and oxygen atoms in total. The maximum atomic E-state index is 13.1. The molecule has 2 bridgehead atoms. The van der Waals surface area contributed by atoms with Gasteiger partial charge in [-0.15, -0.1) is 0 Å². The van der Waals surface area contributed by atoms with E-state index in [1.807, 2.05) is 0 Å². The Hall–Kier alpha value is -0.420. The van der Waals surface area contributed by atoms with Crippen molar-refractivity contribution in [2.24, 2.45) is 16.7 Å². The first-order chi connectivity index (χ1) is 10.2. The lowest BCUT2D eigenvalue weighted by Gasteiger charge is -2.40. The molecule has 0 unspecified atom stereocenters. The zero-order chi connectivity index (χ0) is 16.2. The molecule has 22 heavy (non-hydrogen) atoms. The normalized spacial score (nSPS) is 38.6. The maximum Gasteiger partial charge on any atom is 0.215 e. The first-order valence-corrected chi connectivity index (χ1v) is 10.4. The van der Waals surface area contributed by atoms with Crippen LogP contribution in [0.2, 0.25) is 0 Å². The van der Waals surface area contributed by atoms with Crippen molar-refractivity contribution in [1.29, 1.82) is 0 Å². The molecule has 5 heteroatoms. The van der Waals surface area contributed by atoms with E-state index in [0.29, 0.717) is 18.9 Å². The minimum atomic E-state index is -3.36. The summed E-state index contributed by atoms with van der Waals surface area (Å²) < 4.78 is 27.9. The molecule has 0 aromatic heterocycles. The third-order valence-electron chi connectivity index (χ3n) is 6.97. The number of Topliss-reactive ketones (excluding diaryl/α,β-unsaturated/α-hetero) is 1. The van der Waals surface area contributed by atoms with Crippen molar-refractivity contribution in [3.63, 3.8) is 0 Å². The number of piperidine rings is 1. The molecule has 0 amide bonds. The van der Waals surface area contributed by atoms with Gasteiger partial charge in [-0.05, 0) is 43.4 Å². The van der Waals surface area contributed by atoms with E-state index in [0.717, 1.165) is 38.5 Å². The Morgan fingerprint density at radius 2 is 1.95 bits per heavy atom. The minimum absolute atomic E-state index is 0.0405. The Kier molecular flexibility index (Phi) is 3.96. The van der Waals surface area contributed by atoms with E-state index in [4.69, 9.17) is 0 Å². The van der Waals surface area contributed by atoms with Crippen LogP contribution in [-0.2, 0) is 14.8 Å². The minimum Gasteiger partial charge on any atom is -0.299 e. The van der Waals surface area contributed by atoms with E-state index in [1.165, 1.54) is 0 Å². The van der Waals surface area contributed by atoms with Crippen LogP contribution in [0.1, 0.15) is 65.7 Å². The summed E-state index contributed by atoms with van der Waals surface area (Å²) in [4.78, 5) is 12.6. The van der Waals surface area contributed by atoms with Gasteiger partial charge in [0, 0.05) is 24.4 Å². The maximum absolute atomic E-state index is 13.1. The van der Waals surface area contributed by atoms with Crippen LogP contribution < -0.4 is 0 Å². The molecular weight excluding hydrogens is 298 g/mol. The first kappa shape index (κ1) is 16.4. The highest BCUT2D eigenvalue weighted by Crippen LogP contribution is 2.64. The molecular formula is C17H29NO3S. The van der Waals surface area contributed by atoms with Gasteiger partial charge in [0.15, 0.2) is 0 Å². The van der Waals surface area contributed by atoms with E-state index in [9.17, 15) is 13.2 Å².